The van der Waals surface area contributed by atoms with Gasteiger partial charge >= 0.3 is 6.03 Å². The first-order chi connectivity index (χ1) is 10.1. The molecule has 2 amide bonds. The summed E-state index contributed by atoms with van der Waals surface area (Å²) in [6, 6.07) is 11.3. The minimum absolute atomic E-state index is 0.000473. The second-order valence-corrected chi connectivity index (χ2v) is 4.39. The first-order valence-electron chi connectivity index (χ1n) is 6.29. The van der Waals surface area contributed by atoms with Crippen LogP contribution in [0, 0.1) is 11.6 Å². The zero-order chi connectivity index (χ0) is 15.2. The molecule has 6 heteroatoms. The van der Waals surface area contributed by atoms with E-state index in [1.54, 1.807) is 24.3 Å². The maximum atomic E-state index is 13.0. The standard InChI is InChI=1S/C15H14F2N2O2/c16-12-7-6-11(8-13(12)17)19-15(21)18-9-14(20)10-4-2-1-3-5-10/h1-8,14,20H,9H2,(H2,18,19,21). The number of rotatable bonds is 4. The highest BCUT2D eigenvalue weighted by Gasteiger charge is 2.10. The molecule has 21 heavy (non-hydrogen) atoms. The van der Waals surface area contributed by atoms with Gasteiger partial charge in [0.25, 0.3) is 0 Å². The number of carbonyl (C=O) groups excluding carboxylic acids is 1. The molecule has 2 rings (SSSR count). The number of carbonyl (C=O) groups is 1. The monoisotopic (exact) mass is 292 g/mol. The van der Waals surface area contributed by atoms with Crippen molar-refractivity contribution < 1.29 is 18.7 Å². The molecular weight excluding hydrogens is 278 g/mol. The van der Waals surface area contributed by atoms with Gasteiger partial charge in [0.1, 0.15) is 0 Å². The molecule has 110 valence electrons. The van der Waals surface area contributed by atoms with Crippen LogP contribution < -0.4 is 10.6 Å². The van der Waals surface area contributed by atoms with Crippen molar-refractivity contribution in [2.24, 2.45) is 0 Å². The van der Waals surface area contributed by atoms with Gasteiger partial charge in [-0.2, -0.15) is 0 Å². The van der Waals surface area contributed by atoms with Crippen LogP contribution in [0.25, 0.3) is 0 Å². The first kappa shape index (κ1) is 14.9. The predicted molar refractivity (Wildman–Crippen MR) is 74.8 cm³/mol. The van der Waals surface area contributed by atoms with Gasteiger partial charge in [-0.15, -0.1) is 0 Å². The molecule has 0 saturated heterocycles. The van der Waals surface area contributed by atoms with Crippen LogP contribution in [-0.2, 0) is 0 Å². The Labute approximate surface area is 120 Å². The summed E-state index contributed by atoms with van der Waals surface area (Å²) in [5.41, 5.74) is 0.797. The lowest BCUT2D eigenvalue weighted by Crippen LogP contribution is -2.32. The molecule has 4 nitrogen and oxygen atoms in total. The summed E-state index contributed by atoms with van der Waals surface area (Å²) >= 11 is 0. The number of benzene rings is 2. The smallest absolute Gasteiger partial charge is 0.319 e. The third-order valence-corrected chi connectivity index (χ3v) is 2.82. The van der Waals surface area contributed by atoms with Crippen molar-refractivity contribution in [1.82, 2.24) is 5.32 Å². The molecule has 0 radical (unpaired) electrons. The van der Waals surface area contributed by atoms with E-state index in [2.05, 4.69) is 10.6 Å². The van der Waals surface area contributed by atoms with Crippen LogP contribution in [0.5, 0.6) is 0 Å². The molecule has 1 unspecified atom stereocenters. The molecule has 2 aromatic carbocycles. The van der Waals surface area contributed by atoms with E-state index in [-0.39, 0.29) is 12.2 Å². The molecule has 0 aliphatic heterocycles. The number of aliphatic hydroxyl groups is 1. The number of aliphatic hydroxyl groups excluding tert-OH is 1. The average molecular weight is 292 g/mol. The van der Waals surface area contributed by atoms with E-state index in [0.29, 0.717) is 5.56 Å². The summed E-state index contributed by atoms with van der Waals surface area (Å²) in [5.74, 6) is -2.03. The Morgan fingerprint density at radius 3 is 2.48 bits per heavy atom. The van der Waals surface area contributed by atoms with Crippen molar-refractivity contribution in [1.29, 1.82) is 0 Å². The van der Waals surface area contributed by atoms with Crippen molar-refractivity contribution >= 4 is 11.7 Å². The Kier molecular flexibility index (Phi) is 4.84. The van der Waals surface area contributed by atoms with Crippen LogP contribution in [0.3, 0.4) is 0 Å². The molecule has 0 spiro atoms. The molecular formula is C15H14F2N2O2. The van der Waals surface area contributed by atoms with E-state index in [4.69, 9.17) is 0 Å². The Hall–Kier alpha value is -2.47. The molecule has 0 saturated carbocycles. The van der Waals surface area contributed by atoms with E-state index >= 15 is 0 Å². The summed E-state index contributed by atoms with van der Waals surface area (Å²) in [4.78, 5) is 11.6. The third kappa shape index (κ3) is 4.25. The number of nitrogens with one attached hydrogen (secondary N) is 2. The Bertz CT molecular complexity index is 620. The summed E-state index contributed by atoms with van der Waals surface area (Å²) in [6.45, 7) is -0.000473. The van der Waals surface area contributed by atoms with Crippen LogP contribution in [0.15, 0.2) is 48.5 Å². The number of hydrogen-bond donors (Lipinski definition) is 3. The SMILES string of the molecule is O=C(NCC(O)c1ccccc1)Nc1ccc(F)c(F)c1. The quantitative estimate of drug-likeness (QED) is 0.811. The highest BCUT2D eigenvalue weighted by atomic mass is 19.2. The molecule has 0 fully saturated rings. The Morgan fingerprint density at radius 1 is 1.10 bits per heavy atom. The molecule has 0 aliphatic carbocycles. The van der Waals surface area contributed by atoms with E-state index in [1.807, 2.05) is 6.07 Å². The fraction of sp³-hybridized carbons (Fsp3) is 0.133. The highest BCUT2D eigenvalue weighted by Crippen LogP contribution is 2.13. The fourth-order valence-electron chi connectivity index (χ4n) is 1.73. The minimum Gasteiger partial charge on any atom is -0.387 e. The predicted octanol–water partition coefficient (Wildman–Crippen LogP) is 2.82. The van der Waals surface area contributed by atoms with Crippen LogP contribution >= 0.6 is 0 Å². The normalized spacial score (nSPS) is 11.8. The van der Waals surface area contributed by atoms with Gasteiger partial charge in [0.05, 0.1) is 6.10 Å². The zero-order valence-corrected chi connectivity index (χ0v) is 11.0. The van der Waals surface area contributed by atoms with Gasteiger partial charge in [-0.3, -0.25) is 0 Å². The number of anilines is 1. The van der Waals surface area contributed by atoms with Gasteiger partial charge in [-0.25, -0.2) is 13.6 Å². The van der Waals surface area contributed by atoms with Gasteiger partial charge in [0, 0.05) is 18.3 Å². The van der Waals surface area contributed by atoms with E-state index in [9.17, 15) is 18.7 Å². The Morgan fingerprint density at radius 2 is 1.81 bits per heavy atom. The summed E-state index contributed by atoms with van der Waals surface area (Å²) in [7, 11) is 0. The second kappa shape index (κ2) is 6.81. The van der Waals surface area contributed by atoms with E-state index < -0.39 is 23.8 Å². The number of urea groups is 1. The molecule has 1 atom stereocenters. The van der Waals surface area contributed by atoms with Crippen molar-refractivity contribution in [3.63, 3.8) is 0 Å². The topological polar surface area (TPSA) is 61.4 Å². The van der Waals surface area contributed by atoms with Crippen molar-refractivity contribution in [2.75, 3.05) is 11.9 Å². The second-order valence-electron chi connectivity index (χ2n) is 4.39. The lowest BCUT2D eigenvalue weighted by molar-refractivity contribution is 0.175. The summed E-state index contributed by atoms with van der Waals surface area (Å²) in [5, 5.41) is 14.7. The molecule has 0 heterocycles. The molecule has 3 N–H and O–H groups in total. The lowest BCUT2D eigenvalue weighted by atomic mass is 10.1. The van der Waals surface area contributed by atoms with Crippen LogP contribution in [0.2, 0.25) is 0 Å². The van der Waals surface area contributed by atoms with E-state index in [0.717, 1.165) is 12.1 Å². The molecule has 0 bridgehead atoms. The number of halogens is 2. The van der Waals surface area contributed by atoms with Gasteiger partial charge in [0.15, 0.2) is 11.6 Å². The Balaban J connectivity index is 1.86. The largest absolute Gasteiger partial charge is 0.387 e. The summed E-state index contributed by atoms with van der Waals surface area (Å²) in [6.07, 6.45) is -0.845. The van der Waals surface area contributed by atoms with Gasteiger partial charge in [0.2, 0.25) is 0 Å². The van der Waals surface area contributed by atoms with Crippen LogP contribution in [0.4, 0.5) is 19.3 Å². The molecule has 0 aliphatic rings. The minimum atomic E-state index is -1.04. The third-order valence-electron chi connectivity index (χ3n) is 2.82. The molecule has 2 aromatic rings. The van der Waals surface area contributed by atoms with Crippen molar-refractivity contribution in [2.45, 2.75) is 6.10 Å². The number of amides is 2. The fourth-order valence-corrected chi connectivity index (χ4v) is 1.73. The lowest BCUT2D eigenvalue weighted by Gasteiger charge is -2.13. The number of hydrogen-bond acceptors (Lipinski definition) is 2. The van der Waals surface area contributed by atoms with E-state index in [1.165, 1.54) is 6.07 Å². The van der Waals surface area contributed by atoms with Crippen molar-refractivity contribution in [3.05, 3.63) is 65.7 Å². The molecule has 0 aromatic heterocycles. The maximum absolute atomic E-state index is 13.0. The first-order valence-corrected chi connectivity index (χ1v) is 6.29. The van der Waals surface area contributed by atoms with Crippen LogP contribution in [0.1, 0.15) is 11.7 Å². The highest BCUT2D eigenvalue weighted by molar-refractivity contribution is 5.89. The maximum Gasteiger partial charge on any atom is 0.319 e. The average Bonchev–Trinajstić information content (AvgIpc) is 2.49. The van der Waals surface area contributed by atoms with Crippen LogP contribution in [-0.4, -0.2) is 17.7 Å². The van der Waals surface area contributed by atoms with Gasteiger partial charge < -0.3 is 15.7 Å². The van der Waals surface area contributed by atoms with Crippen molar-refractivity contribution in [3.8, 4) is 0 Å². The van der Waals surface area contributed by atoms with Gasteiger partial charge in [-0.1, -0.05) is 30.3 Å². The summed E-state index contributed by atoms with van der Waals surface area (Å²) < 4.78 is 25.7. The van der Waals surface area contributed by atoms with Gasteiger partial charge in [-0.05, 0) is 17.7 Å². The zero-order valence-electron chi connectivity index (χ0n) is 11.0.